The number of hydrogen-bond donors (Lipinski definition) is 0. The lowest BCUT2D eigenvalue weighted by Crippen LogP contribution is -2.59. The molecule has 0 spiro atoms. The van der Waals surface area contributed by atoms with Gasteiger partial charge in [-0.1, -0.05) is 24.3 Å². The second kappa shape index (κ2) is 13.2. The molecule has 0 saturated carbocycles. The highest BCUT2D eigenvalue weighted by atomic mass is 19.4. The number of rotatable bonds is 6. The van der Waals surface area contributed by atoms with Crippen LogP contribution in [-0.4, -0.2) is 99.5 Å². The molecule has 2 aliphatic heterocycles. The normalized spacial score (nSPS) is 20.5. The van der Waals surface area contributed by atoms with Gasteiger partial charge in [-0.2, -0.15) is 23.1 Å². The van der Waals surface area contributed by atoms with Gasteiger partial charge in [0.2, 0.25) is 5.82 Å². The number of methoxy groups -OCH3 is 1. The minimum atomic E-state index is -5.05. The summed E-state index contributed by atoms with van der Waals surface area (Å²) in [6.45, 7) is 10.5. The van der Waals surface area contributed by atoms with E-state index in [1.807, 2.05) is 20.9 Å². The summed E-state index contributed by atoms with van der Waals surface area (Å²) in [5.41, 5.74) is -2.47. The number of ether oxygens (including phenoxy) is 3. The van der Waals surface area contributed by atoms with Gasteiger partial charge in [-0.05, 0) is 72.5 Å². The Bertz CT molecular complexity index is 1970. The summed E-state index contributed by atoms with van der Waals surface area (Å²) < 4.78 is 62.8. The van der Waals surface area contributed by atoms with E-state index in [9.17, 15) is 9.59 Å². The zero-order chi connectivity index (χ0) is 36.1. The maximum atomic E-state index is 15.0. The van der Waals surface area contributed by atoms with E-state index in [0.717, 1.165) is 19.4 Å². The van der Waals surface area contributed by atoms with E-state index >= 15 is 13.2 Å². The number of carbonyl (C=O) groups is 1. The SMILES string of the molecule is COc1cc(-n2c(C(F)(F)F)nc3c(N4[C@@H](C)CN(C(=O)OC(C)(C)C)C[C@@H]4C)nc(OCC4CCCN4C)nc3c2=O)c2ccccc2c1. The summed E-state index contributed by atoms with van der Waals surface area (Å²) >= 11 is 0. The molecule has 0 radical (unpaired) electrons. The first-order valence-electron chi connectivity index (χ1n) is 16.6. The van der Waals surface area contributed by atoms with Crippen molar-refractivity contribution in [3.05, 3.63) is 52.6 Å². The molecule has 4 aromatic rings. The smallest absolute Gasteiger partial charge is 0.450 e. The van der Waals surface area contributed by atoms with Crippen LogP contribution in [0.15, 0.2) is 41.2 Å². The fraction of sp³-hybridized carbons (Fsp3) is 0.514. The predicted molar refractivity (Wildman–Crippen MR) is 182 cm³/mol. The molecular formula is C35H42F3N7O5. The molecule has 2 aliphatic rings. The third kappa shape index (κ3) is 6.87. The van der Waals surface area contributed by atoms with Gasteiger partial charge in [-0.15, -0.1) is 0 Å². The van der Waals surface area contributed by atoms with Crippen LogP contribution in [0.2, 0.25) is 0 Å². The van der Waals surface area contributed by atoms with Crippen LogP contribution in [0.4, 0.5) is 23.8 Å². The molecule has 0 N–H and O–H groups in total. The van der Waals surface area contributed by atoms with Gasteiger partial charge in [-0.25, -0.2) is 9.78 Å². The Balaban J connectivity index is 1.56. The Kier molecular flexibility index (Phi) is 9.31. The topological polar surface area (TPSA) is 115 Å². The van der Waals surface area contributed by atoms with Gasteiger partial charge in [0.25, 0.3) is 5.56 Å². The van der Waals surface area contributed by atoms with Crippen LogP contribution in [0, 0.1) is 0 Å². The van der Waals surface area contributed by atoms with E-state index in [-0.39, 0.29) is 60.0 Å². The number of anilines is 1. The van der Waals surface area contributed by atoms with Crippen LogP contribution in [0.1, 0.15) is 53.3 Å². The van der Waals surface area contributed by atoms with Gasteiger partial charge in [0, 0.05) is 42.7 Å². The number of likely N-dealkylation sites (tertiary alicyclic amines) is 1. The highest BCUT2D eigenvalue weighted by molar-refractivity contribution is 5.93. The van der Waals surface area contributed by atoms with Crippen LogP contribution in [0.3, 0.4) is 0 Å². The Morgan fingerprint density at radius 3 is 2.32 bits per heavy atom. The van der Waals surface area contributed by atoms with Crippen molar-refractivity contribution in [1.29, 1.82) is 0 Å². The maximum absolute atomic E-state index is 15.0. The van der Waals surface area contributed by atoms with Crippen molar-refractivity contribution in [2.24, 2.45) is 0 Å². The average Bonchev–Trinajstić information content (AvgIpc) is 3.46. The quantitative estimate of drug-likeness (QED) is 0.250. The van der Waals surface area contributed by atoms with E-state index in [0.29, 0.717) is 15.3 Å². The Morgan fingerprint density at radius 1 is 1.00 bits per heavy atom. The lowest BCUT2D eigenvalue weighted by Gasteiger charge is -2.45. The largest absolute Gasteiger partial charge is 0.497 e. The first kappa shape index (κ1) is 35.2. The van der Waals surface area contributed by atoms with Crippen LogP contribution >= 0.6 is 0 Å². The summed E-state index contributed by atoms with van der Waals surface area (Å²) in [5, 5.41) is 0.957. The van der Waals surface area contributed by atoms with Crippen molar-refractivity contribution >= 4 is 33.7 Å². The molecule has 0 bridgehead atoms. The first-order valence-corrected chi connectivity index (χ1v) is 16.6. The molecule has 1 amide bonds. The highest BCUT2D eigenvalue weighted by Crippen LogP contribution is 2.36. The summed E-state index contributed by atoms with van der Waals surface area (Å²) in [4.78, 5) is 46.2. The Hall–Kier alpha value is -4.66. The van der Waals surface area contributed by atoms with E-state index in [1.54, 1.807) is 60.9 Å². The van der Waals surface area contributed by atoms with E-state index in [1.165, 1.54) is 13.2 Å². The van der Waals surface area contributed by atoms with Crippen molar-refractivity contribution in [2.75, 3.05) is 45.3 Å². The van der Waals surface area contributed by atoms with Crippen molar-refractivity contribution in [3.63, 3.8) is 0 Å². The molecule has 2 aromatic heterocycles. The number of piperazine rings is 1. The maximum Gasteiger partial charge on any atom is 0.450 e. The molecule has 0 aliphatic carbocycles. The second-order valence-electron chi connectivity index (χ2n) is 14.0. The van der Waals surface area contributed by atoms with Crippen molar-refractivity contribution in [2.45, 2.75) is 77.4 Å². The van der Waals surface area contributed by atoms with Gasteiger partial charge in [0.15, 0.2) is 11.3 Å². The third-order valence-corrected chi connectivity index (χ3v) is 9.12. The van der Waals surface area contributed by atoms with E-state index in [2.05, 4.69) is 19.9 Å². The number of hydrogen-bond acceptors (Lipinski definition) is 10. The average molecular weight is 698 g/mol. The molecule has 3 atom stereocenters. The summed E-state index contributed by atoms with van der Waals surface area (Å²) in [6, 6.07) is 8.84. The van der Waals surface area contributed by atoms with Crippen molar-refractivity contribution in [3.8, 4) is 17.4 Å². The lowest BCUT2D eigenvalue weighted by molar-refractivity contribution is -0.146. The fourth-order valence-corrected chi connectivity index (χ4v) is 6.83. The molecule has 12 nitrogen and oxygen atoms in total. The van der Waals surface area contributed by atoms with Crippen LogP contribution in [-0.2, 0) is 10.9 Å². The van der Waals surface area contributed by atoms with Gasteiger partial charge in [0.05, 0.1) is 12.8 Å². The number of benzene rings is 2. The molecule has 2 aromatic carbocycles. The predicted octanol–water partition coefficient (Wildman–Crippen LogP) is 5.66. The summed E-state index contributed by atoms with van der Waals surface area (Å²) in [5.74, 6) is -1.16. The van der Waals surface area contributed by atoms with Gasteiger partial charge in [0.1, 0.15) is 23.5 Å². The van der Waals surface area contributed by atoms with Crippen LogP contribution < -0.4 is 19.9 Å². The number of carbonyl (C=O) groups excluding carboxylic acids is 1. The molecule has 2 fully saturated rings. The summed E-state index contributed by atoms with van der Waals surface area (Å²) in [7, 11) is 3.39. The lowest BCUT2D eigenvalue weighted by atomic mass is 10.1. The molecule has 15 heteroatoms. The highest BCUT2D eigenvalue weighted by Gasteiger charge is 2.41. The van der Waals surface area contributed by atoms with Gasteiger partial charge in [-0.3, -0.25) is 9.36 Å². The number of amides is 1. The monoisotopic (exact) mass is 697 g/mol. The van der Waals surface area contributed by atoms with Crippen molar-refractivity contribution < 1.29 is 32.2 Å². The standard InChI is InChI=1S/C35H42F3N7O5/c1-20-17-43(33(47)50-34(3,4)5)18-21(2)44(20)29-27-28(40-32(41-29)49-19-23-12-10-14-42(23)6)30(46)45(31(39-27)35(36,37)38)26-16-24(48-7)15-22-11-8-9-13-25(22)26/h8-9,11,13,15-16,20-21,23H,10,12,14,17-19H2,1-7H3/t20-,21-,23?/m0/s1. The Morgan fingerprint density at radius 2 is 1.70 bits per heavy atom. The zero-order valence-corrected chi connectivity index (χ0v) is 29.2. The van der Waals surface area contributed by atoms with Crippen LogP contribution in [0.5, 0.6) is 11.8 Å². The number of fused-ring (bicyclic) bond motifs is 2. The van der Waals surface area contributed by atoms with Gasteiger partial charge < -0.3 is 28.9 Å². The molecule has 6 rings (SSSR count). The van der Waals surface area contributed by atoms with E-state index < -0.39 is 41.3 Å². The molecule has 268 valence electrons. The molecule has 4 heterocycles. The Labute approximate surface area is 287 Å². The summed E-state index contributed by atoms with van der Waals surface area (Å²) in [6.07, 6.45) is -3.67. The van der Waals surface area contributed by atoms with Gasteiger partial charge >= 0.3 is 18.3 Å². The number of alkyl halides is 3. The zero-order valence-electron chi connectivity index (χ0n) is 29.2. The second-order valence-corrected chi connectivity index (χ2v) is 14.0. The number of aromatic nitrogens is 4. The number of nitrogens with zero attached hydrogens (tertiary/aromatic N) is 7. The minimum Gasteiger partial charge on any atom is -0.497 e. The van der Waals surface area contributed by atoms with Crippen molar-refractivity contribution in [1.82, 2.24) is 29.3 Å². The van der Waals surface area contributed by atoms with Crippen LogP contribution in [0.25, 0.3) is 27.5 Å². The molecule has 1 unspecified atom stereocenters. The number of likely N-dealkylation sites (N-methyl/N-ethyl adjacent to an activating group) is 1. The number of halogens is 3. The molecule has 50 heavy (non-hydrogen) atoms. The fourth-order valence-electron chi connectivity index (χ4n) is 6.83. The van der Waals surface area contributed by atoms with E-state index in [4.69, 9.17) is 14.2 Å². The third-order valence-electron chi connectivity index (χ3n) is 9.12. The minimum absolute atomic E-state index is 0.0128. The molecular weight excluding hydrogens is 655 g/mol. The molecule has 2 saturated heterocycles. The first-order chi connectivity index (χ1) is 23.6.